The molecule has 3 atom stereocenters. The average molecular weight is 339 g/mol. The normalized spacial score (nSPS) is 26.5. The van der Waals surface area contributed by atoms with Crippen molar-refractivity contribution < 1.29 is 9.47 Å². The maximum absolute atomic E-state index is 6.32. The van der Waals surface area contributed by atoms with Crippen LogP contribution in [0.2, 0.25) is 0 Å². The summed E-state index contributed by atoms with van der Waals surface area (Å²) >= 11 is 0. The van der Waals surface area contributed by atoms with E-state index in [1.165, 1.54) is 12.0 Å². The second-order valence-electron chi connectivity index (χ2n) is 6.93. The van der Waals surface area contributed by atoms with Gasteiger partial charge >= 0.3 is 0 Å². The molecule has 0 amide bonds. The maximum atomic E-state index is 6.32. The Morgan fingerprint density at radius 2 is 1.96 bits per heavy atom. The summed E-state index contributed by atoms with van der Waals surface area (Å²) in [5, 5.41) is 0. The molecule has 4 heterocycles. The van der Waals surface area contributed by atoms with E-state index in [0.29, 0.717) is 25.4 Å². The fourth-order valence-electron chi connectivity index (χ4n) is 3.92. The highest BCUT2D eigenvalue weighted by atomic mass is 16.5. The second-order valence-corrected chi connectivity index (χ2v) is 6.93. The number of hydrogen-bond donors (Lipinski definition) is 0. The average Bonchev–Trinajstić information content (AvgIpc) is 3.06. The van der Waals surface area contributed by atoms with Crippen molar-refractivity contribution in [3.8, 4) is 0 Å². The Labute approximate surface area is 149 Å². The first-order chi connectivity index (χ1) is 12.4. The van der Waals surface area contributed by atoms with E-state index in [2.05, 4.69) is 27.0 Å². The molecule has 0 aromatic carbocycles. The number of hydrogen-bond acceptors (Lipinski definition) is 5. The van der Waals surface area contributed by atoms with Gasteiger partial charge in [-0.2, -0.15) is 0 Å². The van der Waals surface area contributed by atoms with E-state index >= 15 is 0 Å². The van der Waals surface area contributed by atoms with E-state index < -0.39 is 0 Å². The lowest BCUT2D eigenvalue weighted by atomic mass is 9.99. The molecule has 132 valence electrons. The van der Waals surface area contributed by atoms with Crippen molar-refractivity contribution >= 4 is 0 Å². The molecule has 2 aliphatic heterocycles. The zero-order valence-corrected chi connectivity index (χ0v) is 14.5. The van der Waals surface area contributed by atoms with Crippen LogP contribution in [0.4, 0.5) is 0 Å². The minimum absolute atomic E-state index is 0.221. The zero-order valence-electron chi connectivity index (χ0n) is 14.5. The third kappa shape index (κ3) is 4.24. The fourth-order valence-corrected chi connectivity index (χ4v) is 3.92. The van der Waals surface area contributed by atoms with E-state index in [1.807, 2.05) is 30.7 Å². The van der Waals surface area contributed by atoms with Gasteiger partial charge in [-0.05, 0) is 48.6 Å². The topological polar surface area (TPSA) is 47.5 Å². The van der Waals surface area contributed by atoms with Crippen molar-refractivity contribution in [2.75, 3.05) is 13.2 Å². The predicted octanol–water partition coefficient (Wildman–Crippen LogP) is 2.82. The summed E-state index contributed by atoms with van der Waals surface area (Å²) < 4.78 is 12.2. The van der Waals surface area contributed by atoms with E-state index in [-0.39, 0.29) is 6.10 Å². The van der Waals surface area contributed by atoms with E-state index in [9.17, 15) is 0 Å². The molecule has 2 aromatic rings. The van der Waals surface area contributed by atoms with Crippen LogP contribution in [-0.2, 0) is 22.6 Å². The Morgan fingerprint density at radius 3 is 2.80 bits per heavy atom. The summed E-state index contributed by atoms with van der Waals surface area (Å²) in [6, 6.07) is 8.73. The molecule has 2 saturated heterocycles. The minimum atomic E-state index is 0.221. The molecule has 5 nitrogen and oxygen atoms in total. The maximum Gasteiger partial charge on any atom is 0.0813 e. The number of likely N-dealkylation sites (tertiary alicyclic amines) is 1. The molecule has 2 aromatic heterocycles. The molecular formula is C20H25N3O2. The van der Waals surface area contributed by atoms with Crippen LogP contribution < -0.4 is 0 Å². The lowest BCUT2D eigenvalue weighted by molar-refractivity contribution is -0.102. The van der Waals surface area contributed by atoms with Gasteiger partial charge in [-0.15, -0.1) is 0 Å². The van der Waals surface area contributed by atoms with Crippen molar-refractivity contribution in [1.29, 1.82) is 0 Å². The molecule has 25 heavy (non-hydrogen) atoms. The molecule has 0 spiro atoms. The quantitative estimate of drug-likeness (QED) is 0.810. The van der Waals surface area contributed by atoms with Gasteiger partial charge in [0.15, 0.2) is 0 Å². The predicted molar refractivity (Wildman–Crippen MR) is 94.8 cm³/mol. The first-order valence-electron chi connectivity index (χ1n) is 9.13. The molecule has 5 heteroatoms. The molecule has 0 aliphatic carbocycles. The zero-order chi connectivity index (χ0) is 16.9. The lowest BCUT2D eigenvalue weighted by Gasteiger charge is -2.36. The van der Waals surface area contributed by atoms with Crippen LogP contribution in [0, 0.1) is 0 Å². The molecule has 0 radical (unpaired) electrons. The Morgan fingerprint density at radius 1 is 1.04 bits per heavy atom. The third-order valence-electron chi connectivity index (χ3n) is 5.18. The molecule has 0 bridgehead atoms. The molecule has 0 N–H and O–H groups in total. The highest BCUT2D eigenvalue weighted by Gasteiger charge is 2.39. The number of rotatable bonds is 6. The highest BCUT2D eigenvalue weighted by molar-refractivity contribution is 5.10. The number of nitrogens with zero attached hydrogens (tertiary/aromatic N) is 3. The number of aromatic nitrogens is 2. The number of ether oxygens (including phenoxy) is 2. The molecule has 0 saturated carbocycles. The van der Waals surface area contributed by atoms with Crippen molar-refractivity contribution in [2.45, 2.75) is 50.7 Å². The van der Waals surface area contributed by atoms with Crippen LogP contribution >= 0.6 is 0 Å². The molecule has 1 unspecified atom stereocenters. The van der Waals surface area contributed by atoms with Crippen LogP contribution in [0.25, 0.3) is 0 Å². The summed E-state index contributed by atoms with van der Waals surface area (Å²) in [7, 11) is 0. The Hall–Kier alpha value is -1.82. The van der Waals surface area contributed by atoms with E-state index in [1.54, 1.807) is 6.20 Å². The van der Waals surface area contributed by atoms with Crippen molar-refractivity contribution in [3.05, 3.63) is 60.2 Å². The van der Waals surface area contributed by atoms with Gasteiger partial charge in [0.2, 0.25) is 0 Å². The van der Waals surface area contributed by atoms with Crippen LogP contribution in [0.5, 0.6) is 0 Å². The standard InChI is InChI=1S/C20H25N3O2/c1-2-17(12-22-8-1)14-24-15-18-3-4-19-20(25-18)7-11-23(19)13-16-5-9-21-10-6-16/h1-2,5-6,8-10,12,18-20H,3-4,7,11,13-15H2/t18?,19-,20-/m1/s1. The summed E-state index contributed by atoms with van der Waals surface area (Å²) in [6.07, 6.45) is 11.3. The van der Waals surface area contributed by atoms with Crippen LogP contribution in [0.3, 0.4) is 0 Å². The molecule has 4 rings (SSSR count). The van der Waals surface area contributed by atoms with Crippen LogP contribution in [0.1, 0.15) is 30.4 Å². The van der Waals surface area contributed by atoms with Gasteiger partial charge in [-0.3, -0.25) is 14.9 Å². The monoisotopic (exact) mass is 339 g/mol. The highest BCUT2D eigenvalue weighted by Crippen LogP contribution is 2.32. The Balaban J connectivity index is 1.24. The fraction of sp³-hybridized carbons (Fsp3) is 0.500. The first-order valence-corrected chi connectivity index (χ1v) is 9.13. The summed E-state index contributed by atoms with van der Waals surface area (Å²) in [5.74, 6) is 0. The van der Waals surface area contributed by atoms with Crippen LogP contribution in [-0.4, -0.2) is 46.3 Å². The van der Waals surface area contributed by atoms with Gasteiger partial charge in [0, 0.05) is 43.9 Å². The molecule has 2 aliphatic rings. The van der Waals surface area contributed by atoms with Gasteiger partial charge in [0.05, 0.1) is 25.4 Å². The Kier molecular flexibility index (Phi) is 5.35. The number of pyridine rings is 2. The third-order valence-corrected chi connectivity index (χ3v) is 5.18. The SMILES string of the molecule is c1cncc(COCC2CC[C@@H]3[C@@H](CCN3Cc3ccncc3)O2)c1. The van der Waals surface area contributed by atoms with Crippen molar-refractivity contribution in [1.82, 2.24) is 14.9 Å². The van der Waals surface area contributed by atoms with Crippen LogP contribution in [0.15, 0.2) is 49.1 Å². The lowest BCUT2D eigenvalue weighted by Crippen LogP contribution is -2.43. The smallest absolute Gasteiger partial charge is 0.0813 e. The van der Waals surface area contributed by atoms with Gasteiger partial charge in [0.1, 0.15) is 0 Å². The molecule has 2 fully saturated rings. The van der Waals surface area contributed by atoms with Gasteiger partial charge < -0.3 is 9.47 Å². The summed E-state index contributed by atoms with van der Waals surface area (Å²) in [5.41, 5.74) is 2.44. The van der Waals surface area contributed by atoms with Crippen molar-refractivity contribution in [3.63, 3.8) is 0 Å². The molecular weight excluding hydrogens is 314 g/mol. The minimum Gasteiger partial charge on any atom is -0.374 e. The number of fused-ring (bicyclic) bond motifs is 1. The largest absolute Gasteiger partial charge is 0.374 e. The first kappa shape index (κ1) is 16.6. The van der Waals surface area contributed by atoms with Crippen molar-refractivity contribution in [2.24, 2.45) is 0 Å². The van der Waals surface area contributed by atoms with E-state index in [4.69, 9.17) is 9.47 Å². The van der Waals surface area contributed by atoms with Gasteiger partial charge in [-0.1, -0.05) is 6.07 Å². The van der Waals surface area contributed by atoms with Gasteiger partial charge in [0.25, 0.3) is 0 Å². The van der Waals surface area contributed by atoms with Gasteiger partial charge in [-0.25, -0.2) is 0 Å². The summed E-state index contributed by atoms with van der Waals surface area (Å²) in [4.78, 5) is 10.8. The summed E-state index contributed by atoms with van der Waals surface area (Å²) in [6.45, 7) is 3.38. The second kappa shape index (κ2) is 8.04. The van der Waals surface area contributed by atoms with E-state index in [0.717, 1.165) is 31.5 Å². The Bertz CT molecular complexity index is 653.